The summed E-state index contributed by atoms with van der Waals surface area (Å²) < 4.78 is 102. The Morgan fingerprint density at radius 2 is 0.926 bits per heavy atom. The van der Waals surface area contributed by atoms with Crippen LogP contribution in [0, 0.1) is 48.3 Å². The zero-order chi connectivity index (χ0) is 99.2. The van der Waals surface area contributed by atoms with Gasteiger partial charge in [-0.1, -0.05) is 102 Å². The predicted molar refractivity (Wildman–Crippen MR) is 491 cm³/mol. The Morgan fingerprint density at radius 3 is 1.23 bits per heavy atom. The number of alkyl halides is 8. The predicted octanol–water partition coefficient (Wildman–Crippen LogP) is 5.14. The number of nitrogens with zero attached hydrogens (tertiary/aromatic N) is 13. The number of nitriles is 2. The molecule has 0 unspecified atom stereocenters. The number of aromatic nitrogens is 2. The quantitative estimate of drug-likeness (QED) is 0.0133. The third kappa shape index (κ3) is 37.2. The molecule has 0 spiro atoms. The number of likely N-dealkylation sites (tertiary alicyclic amines) is 3. The fourth-order valence-corrected chi connectivity index (χ4v) is 15.6. The standard InChI is InChI=1S/C35H39F2N7O2.C29H29N5O3.C7H13F2N.C6H12F2N2.C4H6O4.C4H10O.C3H5F2N.C2H3BO2.C2Cl2O2.ClH.Na/c1-4-32(45)44-16-15-43(19-26(44)11-13-38)31-17-28(34(46)39-24(3)18-41-21-35(36,37)22-41)40-29-20-42(14-12-27(29)31)30-10-6-9-25-8-5-7-23(2)33(25)30;1-3-27(35)34-15-14-33(17-21(34)10-12-30)26-16-23(29(36)37)31-24-18-32(13-11-22(24)26)25-9-5-8-20-7-4-6-19(2)28(20)25;1-6(2)3-10-4-7(8,9)5-10;1-5(9)2-10-3-6(7,8)4-10;1-3(5)7-8-4(2)6;1-4(2)3-5;4-3(5)1-6-2-3;1-2(4)5-3;3-1(5)2(4)6;;/h4-10,17,24,26H,1,11-12,14-16,18-22H2,2-3H3,(H,39,46);3-9,16,21H,1,10-11,13-15,17-18H2,2H3,(H,36,37);6H,3-5H2,1-2H3;5H,2-4,9H2,1H3;1-2H3;4-5H,3H2,1-2H3;6H,1-2H2;1H3;;1H;/q;;;;;;;-1;;;+1/p-1/t24-,26+;21-;;5-;;;;;;;/m10.1......./s1. The number of pyridine rings is 2. The fraction of sp³-hybridized carbons (Fsp3) is 0.511. The number of halogens is 11. The number of nitrogens with two attached hydrogens (primary N) is 1. The Hall–Kier alpha value is -9.88. The zero-order valence-corrected chi connectivity index (χ0v) is 82.2. The van der Waals surface area contributed by atoms with Crippen molar-refractivity contribution < 1.29 is 145 Å². The monoisotopic (exact) mass is 1960 g/mol. The topological polar surface area (TPSA) is 374 Å². The molecule has 8 aliphatic heterocycles. The number of hydrogen-bond donors (Lipinski definition) is 5. The maximum Gasteiger partial charge on any atom is 1.00 e. The number of piperazine rings is 2. The second-order valence-electron chi connectivity index (χ2n) is 34.0. The number of aliphatic hydroxyl groups is 1. The SMILES string of the molecule is C=CC(=O)N1CCN(c2cc(C(=O)N[C@H](C)CN3CC(F)(F)C3)nc3c2CCN(c2cccc4cccc(C)c24)C3)C[C@@H]1CC#N.C=CC(=O)N1CCN(c2cc(C(=O)O)nc3c2CCN(c2cccc4cccc(C)c24)C3)C[C@@H]1CC#N.CC(=O)OOC(C)=O.CC(C)CN1CC(F)(F)C1.CC(C)CO.C[C@@H](N)CN1CC(F)(F)C1.FC1(F)CNC1.O=C(Cl)C(=O)Cl.[B-]OC(C)=O.[Cl-].[Na+]. The number of carbonyl (C=O) groups is 9. The van der Waals surface area contributed by atoms with E-state index < -0.39 is 58.1 Å². The van der Waals surface area contributed by atoms with Crippen molar-refractivity contribution in [2.75, 3.05) is 151 Å². The average Bonchev–Trinajstić information content (AvgIpc) is 0.761. The summed E-state index contributed by atoms with van der Waals surface area (Å²) in [5, 5.41) is 44.8. The van der Waals surface area contributed by atoms with E-state index in [9.17, 15) is 93.9 Å². The molecule has 0 bridgehead atoms. The van der Waals surface area contributed by atoms with Crippen LogP contribution in [0.4, 0.5) is 57.9 Å². The molecular formula is C92H117BCl3F8N16NaO14-. The maximum atomic E-state index is 13.6. The van der Waals surface area contributed by atoms with Crippen molar-refractivity contribution in [1.29, 1.82) is 10.5 Å². The van der Waals surface area contributed by atoms with Gasteiger partial charge in [0.25, 0.3) is 29.6 Å². The number of hydrogen-bond acceptors (Lipinski definition) is 26. The molecule has 43 heteroatoms. The third-order valence-corrected chi connectivity index (χ3v) is 21.8. The van der Waals surface area contributed by atoms with E-state index in [1.807, 2.05) is 40.7 Å². The number of anilines is 4. The van der Waals surface area contributed by atoms with Crippen LogP contribution < -0.4 is 77.9 Å². The molecule has 4 aromatic carbocycles. The van der Waals surface area contributed by atoms with Gasteiger partial charge in [0.15, 0.2) is 5.69 Å². The van der Waals surface area contributed by atoms with Gasteiger partial charge in [0, 0.05) is 156 Å². The number of rotatable bonds is 19. The van der Waals surface area contributed by atoms with Gasteiger partial charge >= 0.3 is 58.0 Å². The molecule has 0 saturated carbocycles. The Morgan fingerprint density at radius 1 is 0.570 bits per heavy atom. The number of fused-ring (bicyclic) bond motifs is 4. The molecule has 3 radical (unpaired) electrons. The second-order valence-corrected chi connectivity index (χ2v) is 34.7. The van der Waals surface area contributed by atoms with E-state index in [4.69, 9.17) is 15.8 Å². The summed E-state index contributed by atoms with van der Waals surface area (Å²) in [4.78, 5) is 133. The third-order valence-electron chi connectivity index (χ3n) is 21.4. The molecule has 731 valence electrons. The number of carbonyl (C=O) groups excluding carboxylic acids is 8. The number of nitrogens with one attached hydrogen (secondary N) is 2. The smallest absolute Gasteiger partial charge is 1.00 e. The molecule has 8 aliphatic rings. The Labute approximate surface area is 821 Å². The molecule has 6 aromatic rings. The first-order valence-electron chi connectivity index (χ1n) is 43.0. The van der Waals surface area contributed by atoms with Crippen molar-refractivity contribution in [3.8, 4) is 12.1 Å². The molecule has 30 nitrogen and oxygen atoms in total. The van der Waals surface area contributed by atoms with E-state index in [1.165, 1.54) is 46.4 Å². The average molecular weight is 1960 g/mol. The Balaban J connectivity index is 0.000000374. The zero-order valence-electron chi connectivity index (χ0n) is 77.9. The first kappa shape index (κ1) is 117. The number of aromatic carboxylic acids is 1. The molecule has 135 heavy (non-hydrogen) atoms. The van der Waals surface area contributed by atoms with Crippen molar-refractivity contribution in [3.63, 3.8) is 0 Å². The Kier molecular flexibility index (Phi) is 47.8. The van der Waals surface area contributed by atoms with E-state index in [2.05, 4.69) is 193 Å². The van der Waals surface area contributed by atoms with E-state index in [0.717, 1.165) is 84.1 Å². The molecule has 6 fully saturated rings. The largest absolute Gasteiger partial charge is 1.00 e. The summed E-state index contributed by atoms with van der Waals surface area (Å²) in [5.41, 5.74) is 15.7. The molecule has 6 N–H and O–H groups in total. The minimum atomic E-state index is -2.67. The molecule has 6 saturated heterocycles. The van der Waals surface area contributed by atoms with Gasteiger partial charge in [-0.25, -0.2) is 69.3 Å². The van der Waals surface area contributed by atoms with Gasteiger partial charge in [0.1, 0.15) is 5.69 Å². The molecule has 10 heterocycles. The van der Waals surface area contributed by atoms with Gasteiger partial charge in [-0.3, -0.25) is 43.5 Å². The van der Waals surface area contributed by atoms with Crippen LogP contribution in [-0.2, 0) is 73.9 Å². The van der Waals surface area contributed by atoms with Gasteiger partial charge in [0.2, 0.25) is 17.8 Å². The van der Waals surface area contributed by atoms with Crippen LogP contribution in [0.3, 0.4) is 0 Å². The van der Waals surface area contributed by atoms with Crippen LogP contribution in [0.15, 0.2) is 110 Å². The first-order chi connectivity index (χ1) is 62.5. The molecular weight excluding hydrogens is 1850 g/mol. The van der Waals surface area contributed by atoms with Crippen LogP contribution in [-0.4, -0.2) is 284 Å². The van der Waals surface area contributed by atoms with E-state index in [-0.39, 0.29) is 160 Å². The molecule has 3 amide bonds. The molecule has 4 atom stereocenters. The number of carboxylic acids is 1. The van der Waals surface area contributed by atoms with Gasteiger partial charge in [-0.05, 0) is 134 Å². The number of benzene rings is 4. The van der Waals surface area contributed by atoms with Gasteiger partial charge in [0.05, 0.1) is 114 Å². The summed E-state index contributed by atoms with van der Waals surface area (Å²) in [6.07, 6.45) is 4.36. The van der Waals surface area contributed by atoms with Crippen molar-refractivity contribution in [2.24, 2.45) is 17.6 Å². The van der Waals surface area contributed by atoms with Gasteiger partial charge < -0.3 is 81.1 Å². The summed E-state index contributed by atoms with van der Waals surface area (Å²) in [5.74, 6) is -12.5. The van der Waals surface area contributed by atoms with E-state index in [0.29, 0.717) is 96.7 Å². The van der Waals surface area contributed by atoms with Gasteiger partial charge in [-0.2, -0.15) is 10.5 Å². The first-order valence-corrected chi connectivity index (χ1v) is 43.8. The second kappa shape index (κ2) is 54.9. The van der Waals surface area contributed by atoms with E-state index >= 15 is 0 Å². The molecule has 14 rings (SSSR count). The summed E-state index contributed by atoms with van der Waals surface area (Å²) in [6.45, 7) is 32.8. The van der Waals surface area contributed by atoms with Crippen LogP contribution in [0.5, 0.6) is 0 Å². The van der Waals surface area contributed by atoms with Crippen molar-refractivity contribution in [2.45, 2.75) is 163 Å². The minimum Gasteiger partial charge on any atom is -1.00 e. The van der Waals surface area contributed by atoms with Gasteiger partial charge in [-0.15, -0.1) is 0 Å². The molecule has 2 aromatic heterocycles. The van der Waals surface area contributed by atoms with E-state index in [1.54, 1.807) is 37.5 Å². The van der Waals surface area contributed by atoms with Crippen LogP contribution in [0.1, 0.15) is 130 Å². The minimum absolute atomic E-state index is 0. The van der Waals surface area contributed by atoms with Crippen molar-refractivity contribution in [3.05, 3.63) is 155 Å². The summed E-state index contributed by atoms with van der Waals surface area (Å²) >= 11 is 8.98. The number of aliphatic hydroxyl groups excluding tert-OH is 1. The number of aryl methyl sites for hydroxylation is 2. The fourth-order valence-electron chi connectivity index (χ4n) is 15.6. The maximum absolute atomic E-state index is 13.6. The normalized spacial score (nSPS) is 18.1. The number of carboxylic acid groups (broad SMARTS) is 1. The summed E-state index contributed by atoms with van der Waals surface area (Å²) in [7, 11) is 4.32. The molecule has 0 aliphatic carbocycles. The van der Waals surface area contributed by atoms with Crippen molar-refractivity contribution >= 4 is 128 Å². The van der Waals surface area contributed by atoms with Crippen LogP contribution in [0.25, 0.3) is 21.5 Å². The summed E-state index contributed by atoms with van der Waals surface area (Å²) in [6, 6.07) is 32.0. The number of amides is 3. The Bertz CT molecular complexity index is 5060. The van der Waals surface area contributed by atoms with Crippen molar-refractivity contribution in [1.82, 2.24) is 45.1 Å². The van der Waals surface area contributed by atoms with Crippen LogP contribution in [0.2, 0.25) is 0 Å². The van der Waals surface area contributed by atoms with Crippen LogP contribution >= 0.6 is 23.2 Å².